The molecule has 0 spiro atoms. The highest BCUT2D eigenvalue weighted by molar-refractivity contribution is 7.89. The van der Waals surface area contributed by atoms with Crippen LogP contribution in [0.2, 0.25) is 0 Å². The number of rotatable bonds is 4. The average molecular weight is 285 g/mol. The summed E-state index contributed by atoms with van der Waals surface area (Å²) in [6.07, 6.45) is 1.12. The third kappa shape index (κ3) is 3.68. The van der Waals surface area contributed by atoms with Crippen LogP contribution in [0.25, 0.3) is 0 Å². The molecule has 19 heavy (non-hydrogen) atoms. The third-order valence-electron chi connectivity index (χ3n) is 3.48. The second-order valence-electron chi connectivity index (χ2n) is 4.80. The van der Waals surface area contributed by atoms with Crippen molar-refractivity contribution in [3.8, 4) is 5.75 Å². The SMILES string of the molecule is COc1ccc(C[C@@H]2COCC[C@H]2S(N)(=O)=O)cc1. The molecule has 0 bridgehead atoms. The van der Waals surface area contributed by atoms with Gasteiger partial charge in [0.25, 0.3) is 0 Å². The Morgan fingerprint density at radius 1 is 1.37 bits per heavy atom. The van der Waals surface area contributed by atoms with Crippen molar-refractivity contribution in [3.05, 3.63) is 29.8 Å². The summed E-state index contributed by atoms with van der Waals surface area (Å²) in [5.74, 6) is 0.698. The Kier molecular flexibility index (Phi) is 4.44. The van der Waals surface area contributed by atoms with Crippen LogP contribution in [-0.4, -0.2) is 34.0 Å². The first-order valence-corrected chi connectivity index (χ1v) is 7.84. The van der Waals surface area contributed by atoms with Crippen LogP contribution < -0.4 is 9.88 Å². The molecule has 1 aromatic rings. The average Bonchev–Trinajstić information content (AvgIpc) is 2.39. The van der Waals surface area contributed by atoms with E-state index in [2.05, 4.69) is 0 Å². The molecule has 1 fully saturated rings. The molecule has 1 saturated heterocycles. The first kappa shape index (κ1) is 14.3. The van der Waals surface area contributed by atoms with E-state index in [4.69, 9.17) is 14.6 Å². The van der Waals surface area contributed by atoms with Gasteiger partial charge in [-0.25, -0.2) is 13.6 Å². The quantitative estimate of drug-likeness (QED) is 0.892. The molecule has 1 heterocycles. The van der Waals surface area contributed by atoms with Crippen LogP contribution in [0.15, 0.2) is 24.3 Å². The molecule has 2 rings (SSSR count). The summed E-state index contributed by atoms with van der Waals surface area (Å²) < 4.78 is 33.7. The maximum Gasteiger partial charge on any atom is 0.212 e. The molecule has 0 amide bonds. The second-order valence-corrected chi connectivity index (χ2v) is 6.59. The topological polar surface area (TPSA) is 78.6 Å². The van der Waals surface area contributed by atoms with E-state index in [0.29, 0.717) is 26.1 Å². The second kappa shape index (κ2) is 5.90. The fourth-order valence-corrected chi connectivity index (χ4v) is 3.60. The third-order valence-corrected chi connectivity index (χ3v) is 4.95. The number of ether oxygens (including phenoxy) is 2. The highest BCUT2D eigenvalue weighted by atomic mass is 32.2. The maximum absolute atomic E-state index is 11.6. The van der Waals surface area contributed by atoms with E-state index < -0.39 is 15.3 Å². The van der Waals surface area contributed by atoms with Crippen molar-refractivity contribution >= 4 is 10.0 Å². The molecule has 106 valence electrons. The molecule has 1 aliphatic rings. The van der Waals surface area contributed by atoms with Crippen molar-refractivity contribution in [1.82, 2.24) is 0 Å². The fourth-order valence-electron chi connectivity index (χ4n) is 2.46. The van der Waals surface area contributed by atoms with E-state index in [0.717, 1.165) is 11.3 Å². The van der Waals surface area contributed by atoms with E-state index >= 15 is 0 Å². The molecular weight excluding hydrogens is 266 g/mol. The molecule has 0 aliphatic carbocycles. The van der Waals surface area contributed by atoms with Crippen molar-refractivity contribution < 1.29 is 17.9 Å². The lowest BCUT2D eigenvalue weighted by Crippen LogP contribution is -2.42. The number of methoxy groups -OCH3 is 1. The number of primary sulfonamides is 1. The maximum atomic E-state index is 11.6. The lowest BCUT2D eigenvalue weighted by molar-refractivity contribution is 0.0572. The van der Waals surface area contributed by atoms with Crippen molar-refractivity contribution in [2.24, 2.45) is 11.1 Å². The number of hydrogen-bond acceptors (Lipinski definition) is 4. The standard InChI is InChI=1S/C13H19NO4S/c1-17-12-4-2-10(3-5-12)8-11-9-18-7-6-13(11)19(14,15)16/h2-5,11,13H,6-9H2,1H3,(H2,14,15,16)/t11-,13-/m1/s1. The van der Waals surface area contributed by atoms with Gasteiger partial charge in [-0.3, -0.25) is 0 Å². The highest BCUT2D eigenvalue weighted by Gasteiger charge is 2.33. The summed E-state index contributed by atoms with van der Waals surface area (Å²) in [5.41, 5.74) is 1.06. The molecule has 5 nitrogen and oxygen atoms in total. The Hall–Kier alpha value is -1.11. The molecule has 0 unspecified atom stereocenters. The van der Waals surface area contributed by atoms with Gasteiger partial charge < -0.3 is 9.47 Å². The van der Waals surface area contributed by atoms with Gasteiger partial charge >= 0.3 is 0 Å². The molecule has 6 heteroatoms. The predicted molar refractivity (Wildman–Crippen MR) is 72.5 cm³/mol. The predicted octanol–water partition coefficient (Wildman–Crippen LogP) is 0.931. The van der Waals surface area contributed by atoms with Gasteiger partial charge in [0, 0.05) is 12.5 Å². The van der Waals surface area contributed by atoms with Gasteiger partial charge in [0.1, 0.15) is 5.75 Å². The van der Waals surface area contributed by atoms with Crippen LogP contribution >= 0.6 is 0 Å². The minimum Gasteiger partial charge on any atom is -0.497 e. The largest absolute Gasteiger partial charge is 0.497 e. The van der Waals surface area contributed by atoms with E-state index in [1.165, 1.54) is 0 Å². The van der Waals surface area contributed by atoms with E-state index in [9.17, 15) is 8.42 Å². The van der Waals surface area contributed by atoms with Crippen LogP contribution in [0.5, 0.6) is 5.75 Å². The summed E-state index contributed by atoms with van der Waals surface area (Å²) >= 11 is 0. The first-order chi connectivity index (χ1) is 9.00. The number of nitrogens with two attached hydrogens (primary N) is 1. The van der Waals surface area contributed by atoms with E-state index in [-0.39, 0.29) is 5.92 Å². The van der Waals surface area contributed by atoms with Crippen molar-refractivity contribution in [1.29, 1.82) is 0 Å². The summed E-state index contributed by atoms with van der Waals surface area (Å²) in [6, 6.07) is 7.61. The van der Waals surface area contributed by atoms with Gasteiger partial charge in [-0.2, -0.15) is 0 Å². The molecule has 2 atom stereocenters. The first-order valence-electron chi connectivity index (χ1n) is 6.23. The van der Waals surface area contributed by atoms with Crippen molar-refractivity contribution in [2.45, 2.75) is 18.1 Å². The van der Waals surface area contributed by atoms with Crippen molar-refractivity contribution in [3.63, 3.8) is 0 Å². The minimum atomic E-state index is -3.51. The normalized spacial score (nSPS) is 24.1. The fraction of sp³-hybridized carbons (Fsp3) is 0.538. The Labute approximate surface area is 113 Å². The highest BCUT2D eigenvalue weighted by Crippen LogP contribution is 2.25. The summed E-state index contributed by atoms with van der Waals surface area (Å²) in [7, 11) is -1.90. The molecule has 0 aromatic heterocycles. The molecular formula is C13H19NO4S. The van der Waals surface area contributed by atoms with Crippen LogP contribution in [0.4, 0.5) is 0 Å². The molecule has 1 aromatic carbocycles. The molecule has 1 aliphatic heterocycles. The Morgan fingerprint density at radius 2 is 2.05 bits per heavy atom. The van der Waals surface area contributed by atoms with Gasteiger partial charge in [-0.05, 0) is 30.5 Å². The monoisotopic (exact) mass is 285 g/mol. The van der Waals surface area contributed by atoms with Crippen molar-refractivity contribution in [2.75, 3.05) is 20.3 Å². The minimum absolute atomic E-state index is 0.0860. The molecule has 2 N–H and O–H groups in total. The lowest BCUT2D eigenvalue weighted by atomic mass is 9.93. The number of hydrogen-bond donors (Lipinski definition) is 1. The number of sulfonamides is 1. The zero-order chi connectivity index (χ0) is 13.9. The van der Waals surface area contributed by atoms with Gasteiger partial charge in [-0.1, -0.05) is 12.1 Å². The Balaban J connectivity index is 2.10. The van der Waals surface area contributed by atoms with Crippen LogP contribution in [0.3, 0.4) is 0 Å². The van der Waals surface area contributed by atoms with Crippen LogP contribution in [0.1, 0.15) is 12.0 Å². The van der Waals surface area contributed by atoms with E-state index in [1.54, 1.807) is 7.11 Å². The Morgan fingerprint density at radius 3 is 2.63 bits per heavy atom. The van der Waals surface area contributed by atoms with Gasteiger partial charge in [0.2, 0.25) is 10.0 Å². The summed E-state index contributed by atoms with van der Waals surface area (Å²) in [5, 5.41) is 4.79. The zero-order valence-corrected chi connectivity index (χ0v) is 11.7. The van der Waals surface area contributed by atoms with Gasteiger partial charge in [0.05, 0.1) is 19.0 Å². The van der Waals surface area contributed by atoms with Crippen LogP contribution in [-0.2, 0) is 21.2 Å². The summed E-state index contributed by atoms with van der Waals surface area (Å²) in [6.45, 7) is 0.896. The van der Waals surface area contributed by atoms with Crippen LogP contribution in [0, 0.1) is 5.92 Å². The molecule has 0 saturated carbocycles. The molecule has 0 radical (unpaired) electrons. The van der Waals surface area contributed by atoms with E-state index in [1.807, 2.05) is 24.3 Å². The smallest absolute Gasteiger partial charge is 0.212 e. The lowest BCUT2D eigenvalue weighted by Gasteiger charge is -2.29. The Bertz CT molecular complexity index is 512. The van der Waals surface area contributed by atoms with Gasteiger partial charge in [0.15, 0.2) is 0 Å². The van der Waals surface area contributed by atoms with Gasteiger partial charge in [-0.15, -0.1) is 0 Å². The zero-order valence-electron chi connectivity index (χ0n) is 10.9. The number of benzene rings is 1. The summed E-state index contributed by atoms with van der Waals surface area (Å²) in [4.78, 5) is 0.